The van der Waals surface area contributed by atoms with Crippen molar-refractivity contribution in [1.82, 2.24) is 4.90 Å². The van der Waals surface area contributed by atoms with Crippen molar-refractivity contribution >= 4 is 5.78 Å². The van der Waals surface area contributed by atoms with Crippen molar-refractivity contribution in [3.8, 4) is 11.8 Å². The second kappa shape index (κ2) is 7.01. The van der Waals surface area contributed by atoms with Crippen LogP contribution in [0.5, 0.6) is 5.75 Å². The topological polar surface area (TPSA) is 64.3 Å². The SMILES string of the molecule is CCN(Cc1cc(F)cc(C(C)=O)c1O)CC(C)C#N. The van der Waals surface area contributed by atoms with Crippen LogP contribution in [0.4, 0.5) is 4.39 Å². The van der Waals surface area contributed by atoms with Crippen molar-refractivity contribution in [2.75, 3.05) is 13.1 Å². The molecule has 0 aliphatic rings. The van der Waals surface area contributed by atoms with Crippen molar-refractivity contribution in [1.29, 1.82) is 5.26 Å². The standard InChI is InChI=1S/C15H19FN2O2/c1-4-18(8-10(2)7-17)9-12-5-13(16)6-14(11(3)19)15(12)20/h5-6,10,20H,4,8-9H2,1-3H3. The lowest BCUT2D eigenvalue weighted by Crippen LogP contribution is -2.27. The van der Waals surface area contributed by atoms with Crippen molar-refractivity contribution in [2.45, 2.75) is 27.3 Å². The molecular weight excluding hydrogens is 259 g/mol. The third kappa shape index (κ3) is 4.04. The summed E-state index contributed by atoms with van der Waals surface area (Å²) in [4.78, 5) is 13.3. The molecule has 108 valence electrons. The Morgan fingerprint density at radius 1 is 1.55 bits per heavy atom. The number of hydrogen-bond acceptors (Lipinski definition) is 4. The van der Waals surface area contributed by atoms with E-state index in [0.29, 0.717) is 25.2 Å². The Morgan fingerprint density at radius 2 is 2.20 bits per heavy atom. The molecule has 1 rings (SSSR count). The molecule has 0 amide bonds. The molecule has 0 saturated heterocycles. The molecule has 0 aliphatic carbocycles. The number of phenolic OH excluding ortho intramolecular Hbond substituents is 1. The summed E-state index contributed by atoms with van der Waals surface area (Å²) < 4.78 is 13.5. The summed E-state index contributed by atoms with van der Waals surface area (Å²) in [6.45, 7) is 6.50. The van der Waals surface area contributed by atoms with E-state index >= 15 is 0 Å². The molecule has 0 bridgehead atoms. The fourth-order valence-corrected chi connectivity index (χ4v) is 2.02. The van der Waals surface area contributed by atoms with Gasteiger partial charge in [-0.05, 0) is 32.5 Å². The molecule has 1 atom stereocenters. The monoisotopic (exact) mass is 278 g/mol. The summed E-state index contributed by atoms with van der Waals surface area (Å²) in [6, 6.07) is 4.40. The van der Waals surface area contributed by atoms with Gasteiger partial charge in [0.1, 0.15) is 11.6 Å². The molecule has 0 aromatic heterocycles. The van der Waals surface area contributed by atoms with Gasteiger partial charge in [-0.1, -0.05) is 6.92 Å². The van der Waals surface area contributed by atoms with Crippen LogP contribution in [-0.2, 0) is 6.54 Å². The molecular formula is C15H19FN2O2. The van der Waals surface area contributed by atoms with Gasteiger partial charge in [0.25, 0.3) is 0 Å². The number of Topliss-reactive ketones (excluding diaryl/α,β-unsaturated/α-hetero) is 1. The van der Waals surface area contributed by atoms with Gasteiger partial charge in [-0.2, -0.15) is 5.26 Å². The Labute approximate surface area is 118 Å². The lowest BCUT2D eigenvalue weighted by atomic mass is 10.0. The molecule has 0 aliphatic heterocycles. The fraction of sp³-hybridized carbons (Fsp3) is 0.467. The number of halogens is 1. The molecule has 1 aromatic carbocycles. The zero-order chi connectivity index (χ0) is 15.3. The normalized spacial score (nSPS) is 12.2. The van der Waals surface area contributed by atoms with Crippen LogP contribution in [0.1, 0.15) is 36.7 Å². The number of hydrogen-bond donors (Lipinski definition) is 1. The number of benzene rings is 1. The van der Waals surface area contributed by atoms with Crippen LogP contribution in [0.3, 0.4) is 0 Å². The summed E-state index contributed by atoms with van der Waals surface area (Å²) in [6.07, 6.45) is 0. The summed E-state index contributed by atoms with van der Waals surface area (Å²) in [5.41, 5.74) is 0.353. The molecule has 5 heteroatoms. The highest BCUT2D eigenvalue weighted by atomic mass is 19.1. The lowest BCUT2D eigenvalue weighted by Gasteiger charge is -2.22. The van der Waals surface area contributed by atoms with Gasteiger partial charge in [0.15, 0.2) is 5.78 Å². The maximum atomic E-state index is 13.5. The Bertz CT molecular complexity index is 537. The second-order valence-electron chi connectivity index (χ2n) is 4.88. The van der Waals surface area contributed by atoms with E-state index < -0.39 is 5.82 Å². The minimum absolute atomic E-state index is 0.00983. The van der Waals surface area contributed by atoms with Crippen molar-refractivity contribution in [3.05, 3.63) is 29.1 Å². The van der Waals surface area contributed by atoms with E-state index in [1.54, 1.807) is 6.92 Å². The highest BCUT2D eigenvalue weighted by molar-refractivity contribution is 5.97. The quantitative estimate of drug-likeness (QED) is 0.813. The van der Waals surface area contributed by atoms with E-state index in [0.717, 1.165) is 6.07 Å². The number of phenols is 1. The number of nitrogens with zero attached hydrogens (tertiary/aromatic N) is 2. The maximum absolute atomic E-state index is 13.5. The minimum Gasteiger partial charge on any atom is -0.507 e. The smallest absolute Gasteiger partial charge is 0.163 e. The zero-order valence-electron chi connectivity index (χ0n) is 12.0. The van der Waals surface area contributed by atoms with Crippen LogP contribution in [0, 0.1) is 23.1 Å². The van der Waals surface area contributed by atoms with Gasteiger partial charge in [0.05, 0.1) is 17.6 Å². The average Bonchev–Trinajstić information content (AvgIpc) is 2.40. The molecule has 4 nitrogen and oxygen atoms in total. The maximum Gasteiger partial charge on any atom is 0.163 e. The van der Waals surface area contributed by atoms with E-state index in [1.165, 1.54) is 13.0 Å². The molecule has 0 saturated carbocycles. The molecule has 0 heterocycles. The van der Waals surface area contributed by atoms with Crippen LogP contribution < -0.4 is 0 Å². The predicted molar refractivity (Wildman–Crippen MR) is 73.8 cm³/mol. The number of rotatable bonds is 6. The van der Waals surface area contributed by atoms with Crippen LogP contribution in [-0.4, -0.2) is 28.9 Å². The summed E-state index contributed by atoms with van der Waals surface area (Å²) in [5.74, 6) is -1.26. The highest BCUT2D eigenvalue weighted by Gasteiger charge is 2.16. The Kier molecular flexibility index (Phi) is 5.66. The first-order valence-electron chi connectivity index (χ1n) is 6.53. The van der Waals surface area contributed by atoms with Gasteiger partial charge in [-0.25, -0.2) is 4.39 Å². The van der Waals surface area contributed by atoms with Crippen LogP contribution >= 0.6 is 0 Å². The first kappa shape index (κ1) is 16.1. The second-order valence-corrected chi connectivity index (χ2v) is 4.88. The Hall–Kier alpha value is -1.93. The largest absolute Gasteiger partial charge is 0.507 e. The van der Waals surface area contributed by atoms with E-state index in [9.17, 15) is 14.3 Å². The van der Waals surface area contributed by atoms with Gasteiger partial charge in [0.2, 0.25) is 0 Å². The zero-order valence-corrected chi connectivity index (χ0v) is 12.0. The average molecular weight is 278 g/mol. The third-order valence-corrected chi connectivity index (χ3v) is 3.13. The highest BCUT2D eigenvalue weighted by Crippen LogP contribution is 2.26. The van der Waals surface area contributed by atoms with Crippen molar-refractivity contribution < 1.29 is 14.3 Å². The van der Waals surface area contributed by atoms with Gasteiger partial charge >= 0.3 is 0 Å². The van der Waals surface area contributed by atoms with E-state index in [4.69, 9.17) is 5.26 Å². The molecule has 1 unspecified atom stereocenters. The van der Waals surface area contributed by atoms with Gasteiger partial charge in [0, 0.05) is 18.7 Å². The number of ketones is 1. The molecule has 0 spiro atoms. The summed E-state index contributed by atoms with van der Waals surface area (Å²) in [5, 5.41) is 18.9. The third-order valence-electron chi connectivity index (χ3n) is 3.13. The molecule has 0 fully saturated rings. The van der Waals surface area contributed by atoms with Crippen molar-refractivity contribution in [3.63, 3.8) is 0 Å². The van der Waals surface area contributed by atoms with E-state index in [1.807, 2.05) is 11.8 Å². The molecule has 1 N–H and O–H groups in total. The Balaban J connectivity index is 3.02. The molecule has 1 aromatic rings. The van der Waals surface area contributed by atoms with Crippen LogP contribution in [0.15, 0.2) is 12.1 Å². The molecule has 0 radical (unpaired) electrons. The summed E-state index contributed by atoms with van der Waals surface area (Å²) >= 11 is 0. The lowest BCUT2D eigenvalue weighted by molar-refractivity contribution is 0.101. The first-order valence-corrected chi connectivity index (χ1v) is 6.53. The number of nitriles is 1. The predicted octanol–water partition coefficient (Wildman–Crippen LogP) is 2.72. The van der Waals surface area contributed by atoms with E-state index in [-0.39, 0.29) is 23.0 Å². The fourth-order valence-electron chi connectivity index (χ4n) is 2.02. The van der Waals surface area contributed by atoms with Gasteiger partial charge in [-0.3, -0.25) is 9.69 Å². The van der Waals surface area contributed by atoms with E-state index in [2.05, 4.69) is 6.07 Å². The van der Waals surface area contributed by atoms with Crippen LogP contribution in [0.25, 0.3) is 0 Å². The van der Waals surface area contributed by atoms with Crippen molar-refractivity contribution in [2.24, 2.45) is 5.92 Å². The number of aromatic hydroxyl groups is 1. The summed E-state index contributed by atoms with van der Waals surface area (Å²) in [7, 11) is 0. The van der Waals surface area contributed by atoms with Crippen LogP contribution in [0.2, 0.25) is 0 Å². The van der Waals surface area contributed by atoms with Gasteiger partial charge < -0.3 is 5.11 Å². The minimum atomic E-state index is -0.549. The number of carbonyl (C=O) groups is 1. The Morgan fingerprint density at radius 3 is 2.70 bits per heavy atom. The number of carbonyl (C=O) groups excluding carboxylic acids is 1. The first-order chi connectivity index (χ1) is 9.38. The molecule has 20 heavy (non-hydrogen) atoms. The van der Waals surface area contributed by atoms with Gasteiger partial charge in [-0.15, -0.1) is 0 Å².